The molecule has 1 heterocycles. The van der Waals surface area contributed by atoms with Crippen molar-refractivity contribution in [3.8, 4) is 0 Å². The van der Waals surface area contributed by atoms with E-state index >= 15 is 0 Å². The van der Waals surface area contributed by atoms with Gasteiger partial charge in [-0.05, 0) is 5.56 Å². The first-order valence-corrected chi connectivity index (χ1v) is 4.70. The molecule has 0 bridgehead atoms. The maximum absolute atomic E-state index is 11.1. The Morgan fingerprint density at radius 3 is 2.17 bits per heavy atom. The molecule has 0 saturated heterocycles. The number of ketones is 1. The van der Waals surface area contributed by atoms with Gasteiger partial charge in [0.05, 0.1) is 15.5 Å². The SMILES string of the molecule is O=C1Cc2cc([N+](=O)[O-])c([N+](=O)[O-])cc2NC1=O. The Morgan fingerprint density at radius 1 is 1.06 bits per heavy atom. The highest BCUT2D eigenvalue weighted by Crippen LogP contribution is 2.34. The number of anilines is 1. The Hall–Kier alpha value is -2.84. The molecule has 1 aromatic rings. The van der Waals surface area contributed by atoms with Crippen molar-refractivity contribution in [1.29, 1.82) is 0 Å². The van der Waals surface area contributed by atoms with E-state index in [9.17, 15) is 29.8 Å². The van der Waals surface area contributed by atoms with Crippen LogP contribution in [0.1, 0.15) is 5.56 Å². The van der Waals surface area contributed by atoms with Crippen LogP contribution in [0.15, 0.2) is 12.1 Å². The number of hydrogen-bond donors (Lipinski definition) is 1. The van der Waals surface area contributed by atoms with Gasteiger partial charge in [-0.15, -0.1) is 0 Å². The molecule has 92 valence electrons. The summed E-state index contributed by atoms with van der Waals surface area (Å²) in [7, 11) is 0. The van der Waals surface area contributed by atoms with Gasteiger partial charge >= 0.3 is 11.4 Å². The summed E-state index contributed by atoms with van der Waals surface area (Å²) >= 11 is 0. The lowest BCUT2D eigenvalue weighted by Gasteiger charge is -2.14. The Labute approximate surface area is 98.7 Å². The molecule has 0 aromatic heterocycles. The van der Waals surface area contributed by atoms with Crippen LogP contribution in [-0.2, 0) is 16.0 Å². The molecule has 0 fully saturated rings. The van der Waals surface area contributed by atoms with E-state index < -0.39 is 32.9 Å². The fourth-order valence-electron chi connectivity index (χ4n) is 1.62. The minimum absolute atomic E-state index is 0.0527. The Balaban J connectivity index is 2.63. The van der Waals surface area contributed by atoms with E-state index in [0.29, 0.717) is 0 Å². The van der Waals surface area contributed by atoms with E-state index in [4.69, 9.17) is 0 Å². The number of carbonyl (C=O) groups is 2. The molecule has 1 aromatic carbocycles. The number of benzene rings is 1. The Kier molecular flexibility index (Phi) is 2.51. The highest BCUT2D eigenvalue weighted by Gasteiger charge is 2.31. The second kappa shape index (κ2) is 3.87. The molecule has 0 spiro atoms. The van der Waals surface area contributed by atoms with Crippen LogP contribution < -0.4 is 5.32 Å². The monoisotopic (exact) mass is 251 g/mol. The summed E-state index contributed by atoms with van der Waals surface area (Å²) in [5.74, 6) is -1.63. The average Bonchev–Trinajstić information content (AvgIpc) is 2.28. The smallest absolute Gasteiger partial charge is 0.319 e. The summed E-state index contributed by atoms with van der Waals surface area (Å²) in [4.78, 5) is 41.8. The number of rotatable bonds is 2. The molecule has 9 heteroatoms. The second-order valence-corrected chi connectivity index (χ2v) is 3.57. The highest BCUT2D eigenvalue weighted by atomic mass is 16.6. The number of nitro groups is 2. The van der Waals surface area contributed by atoms with Gasteiger partial charge in [0.25, 0.3) is 5.91 Å². The summed E-state index contributed by atoms with van der Waals surface area (Å²) in [6.45, 7) is 0. The number of nitro benzene ring substituents is 2. The van der Waals surface area contributed by atoms with E-state index in [-0.39, 0.29) is 17.7 Å². The van der Waals surface area contributed by atoms with Gasteiger partial charge in [-0.2, -0.15) is 0 Å². The molecular weight excluding hydrogens is 246 g/mol. The summed E-state index contributed by atoms with van der Waals surface area (Å²) in [5.41, 5.74) is -1.19. The minimum atomic E-state index is -0.916. The van der Waals surface area contributed by atoms with Gasteiger partial charge in [-0.25, -0.2) is 0 Å². The fraction of sp³-hybridized carbons (Fsp3) is 0.111. The standard InChI is InChI=1S/C9H5N3O6/c13-8-2-4-1-6(11(15)16)7(12(17)18)3-5(4)10-9(8)14/h1,3H,2H2,(H,10,14). The van der Waals surface area contributed by atoms with Crippen molar-refractivity contribution in [1.82, 2.24) is 0 Å². The predicted molar refractivity (Wildman–Crippen MR) is 57.1 cm³/mol. The van der Waals surface area contributed by atoms with Crippen LogP contribution in [0.25, 0.3) is 0 Å². The topological polar surface area (TPSA) is 132 Å². The van der Waals surface area contributed by atoms with E-state index in [0.717, 1.165) is 12.1 Å². The molecule has 0 aliphatic carbocycles. The van der Waals surface area contributed by atoms with Gasteiger partial charge in [0.15, 0.2) is 0 Å². The predicted octanol–water partition coefficient (Wildman–Crippen LogP) is 0.567. The van der Waals surface area contributed by atoms with Crippen LogP contribution in [-0.4, -0.2) is 21.5 Å². The second-order valence-electron chi connectivity index (χ2n) is 3.57. The molecule has 1 amide bonds. The molecular formula is C9H5N3O6. The van der Waals surface area contributed by atoms with Crippen molar-refractivity contribution < 1.29 is 19.4 Å². The van der Waals surface area contributed by atoms with Crippen molar-refractivity contribution >= 4 is 28.8 Å². The van der Waals surface area contributed by atoms with Crippen molar-refractivity contribution in [2.24, 2.45) is 0 Å². The van der Waals surface area contributed by atoms with Gasteiger partial charge in [-0.3, -0.25) is 29.8 Å². The number of amides is 1. The minimum Gasteiger partial charge on any atom is -0.319 e. The molecule has 0 atom stereocenters. The lowest BCUT2D eigenvalue weighted by molar-refractivity contribution is -0.422. The van der Waals surface area contributed by atoms with E-state index in [2.05, 4.69) is 5.32 Å². The maximum atomic E-state index is 11.1. The maximum Gasteiger partial charge on any atom is 0.348 e. The van der Waals surface area contributed by atoms with E-state index in [1.165, 1.54) is 0 Å². The lowest BCUT2D eigenvalue weighted by Crippen LogP contribution is -2.29. The van der Waals surface area contributed by atoms with Crippen molar-refractivity contribution in [3.05, 3.63) is 37.9 Å². The van der Waals surface area contributed by atoms with Gasteiger partial charge in [0.2, 0.25) is 5.78 Å². The summed E-state index contributed by atoms with van der Waals surface area (Å²) in [5, 5.41) is 23.5. The number of carbonyl (C=O) groups excluding carboxylic acids is 2. The Bertz CT molecular complexity index is 556. The van der Waals surface area contributed by atoms with Gasteiger partial charge in [-0.1, -0.05) is 0 Å². The molecule has 1 N–H and O–H groups in total. The first-order chi connectivity index (χ1) is 8.40. The zero-order valence-electron chi connectivity index (χ0n) is 8.71. The molecule has 18 heavy (non-hydrogen) atoms. The Morgan fingerprint density at radius 2 is 1.61 bits per heavy atom. The summed E-state index contributed by atoms with van der Waals surface area (Å²) in [6.07, 6.45) is -0.306. The average molecular weight is 251 g/mol. The molecule has 2 rings (SSSR count). The van der Waals surface area contributed by atoms with Crippen molar-refractivity contribution in [2.45, 2.75) is 6.42 Å². The molecule has 0 radical (unpaired) electrons. The molecule has 9 nitrogen and oxygen atoms in total. The van der Waals surface area contributed by atoms with Gasteiger partial charge in [0, 0.05) is 18.6 Å². The molecule has 1 aliphatic heterocycles. The third-order valence-corrected chi connectivity index (χ3v) is 2.45. The van der Waals surface area contributed by atoms with Crippen molar-refractivity contribution in [3.63, 3.8) is 0 Å². The number of nitrogens with zero attached hydrogens (tertiary/aromatic N) is 2. The van der Waals surface area contributed by atoms with Crippen molar-refractivity contribution in [2.75, 3.05) is 5.32 Å². The van der Waals surface area contributed by atoms with Crippen LogP contribution in [0.3, 0.4) is 0 Å². The first kappa shape index (κ1) is 11.6. The quantitative estimate of drug-likeness (QED) is 0.464. The van der Waals surface area contributed by atoms with E-state index in [1.54, 1.807) is 0 Å². The normalized spacial score (nSPS) is 13.8. The third-order valence-electron chi connectivity index (χ3n) is 2.45. The summed E-state index contributed by atoms with van der Waals surface area (Å²) in [6, 6.07) is 1.82. The highest BCUT2D eigenvalue weighted by molar-refractivity contribution is 6.42. The van der Waals surface area contributed by atoms with E-state index in [1.807, 2.05) is 0 Å². The number of hydrogen-bond acceptors (Lipinski definition) is 6. The number of Topliss-reactive ketones (excluding diaryl/α,β-unsaturated/α-hetero) is 1. The first-order valence-electron chi connectivity index (χ1n) is 4.70. The summed E-state index contributed by atoms with van der Waals surface area (Å²) < 4.78 is 0. The van der Waals surface area contributed by atoms with Crippen LogP contribution in [0.5, 0.6) is 0 Å². The van der Waals surface area contributed by atoms with Gasteiger partial charge in [0.1, 0.15) is 0 Å². The van der Waals surface area contributed by atoms with Crippen LogP contribution in [0.2, 0.25) is 0 Å². The lowest BCUT2D eigenvalue weighted by atomic mass is 10.0. The van der Waals surface area contributed by atoms with Gasteiger partial charge < -0.3 is 5.32 Å². The van der Waals surface area contributed by atoms with Crippen LogP contribution in [0, 0.1) is 20.2 Å². The number of nitrogens with one attached hydrogen (secondary N) is 1. The van der Waals surface area contributed by atoms with Crippen LogP contribution in [0.4, 0.5) is 17.1 Å². The molecule has 0 saturated carbocycles. The molecule has 1 aliphatic rings. The largest absolute Gasteiger partial charge is 0.348 e. The zero-order valence-corrected chi connectivity index (χ0v) is 8.71. The van der Waals surface area contributed by atoms with Crippen LogP contribution >= 0.6 is 0 Å². The fourth-order valence-corrected chi connectivity index (χ4v) is 1.62. The number of fused-ring (bicyclic) bond motifs is 1. The zero-order chi connectivity index (χ0) is 13.4. The third kappa shape index (κ3) is 1.77. The molecule has 0 unspecified atom stereocenters.